The van der Waals surface area contributed by atoms with Crippen LogP contribution in [0.4, 0.5) is 0 Å². The maximum Gasteiger partial charge on any atom is 0.332 e. The Kier molecular flexibility index (Phi) is 4.22. The Morgan fingerprint density at radius 1 is 1.17 bits per heavy atom. The zero-order chi connectivity index (χ0) is 17.3. The minimum absolute atomic E-state index is 0.252. The van der Waals surface area contributed by atoms with Gasteiger partial charge in [0.1, 0.15) is 5.75 Å². The maximum atomic E-state index is 12.3. The summed E-state index contributed by atoms with van der Waals surface area (Å²) in [7, 11) is 3.05. The molecule has 0 unspecified atom stereocenters. The number of benzene rings is 1. The second kappa shape index (κ2) is 6.32. The number of hydrogen-bond acceptors (Lipinski definition) is 5. The number of phenols is 1. The van der Waals surface area contributed by atoms with E-state index in [0.29, 0.717) is 30.8 Å². The van der Waals surface area contributed by atoms with E-state index in [4.69, 9.17) is 0 Å². The summed E-state index contributed by atoms with van der Waals surface area (Å²) >= 11 is 0. The lowest BCUT2D eigenvalue weighted by atomic mass is 10.2. The molecule has 0 saturated carbocycles. The predicted octanol–water partition coefficient (Wildman–Crippen LogP) is -0.0709. The van der Waals surface area contributed by atoms with Crippen molar-refractivity contribution in [2.75, 3.05) is 6.54 Å². The topological polar surface area (TPSA) is 94.1 Å². The molecule has 2 aromatic heterocycles. The monoisotopic (exact) mass is 329 g/mol. The number of aryl methyl sites for hydroxylation is 1. The molecular weight excluding hydrogens is 310 g/mol. The molecule has 0 radical (unpaired) electrons. The van der Waals surface area contributed by atoms with Crippen molar-refractivity contribution in [2.45, 2.75) is 13.1 Å². The molecule has 0 bridgehead atoms. The first kappa shape index (κ1) is 16.0. The predicted molar refractivity (Wildman–Crippen MR) is 90.0 cm³/mol. The summed E-state index contributed by atoms with van der Waals surface area (Å²) in [4.78, 5) is 28.4. The van der Waals surface area contributed by atoms with Gasteiger partial charge in [-0.2, -0.15) is 0 Å². The summed E-state index contributed by atoms with van der Waals surface area (Å²) in [6.45, 7) is 1.64. The molecule has 0 spiro atoms. The van der Waals surface area contributed by atoms with Crippen LogP contribution in [0.1, 0.15) is 5.56 Å². The van der Waals surface area contributed by atoms with Gasteiger partial charge in [0.2, 0.25) is 0 Å². The van der Waals surface area contributed by atoms with Crippen LogP contribution in [0, 0.1) is 0 Å². The first-order valence-corrected chi connectivity index (χ1v) is 7.59. The lowest BCUT2D eigenvalue weighted by Gasteiger charge is -2.09. The molecule has 8 heteroatoms. The van der Waals surface area contributed by atoms with E-state index in [1.165, 1.54) is 11.6 Å². The van der Waals surface area contributed by atoms with Gasteiger partial charge in [0, 0.05) is 39.3 Å². The molecule has 24 heavy (non-hydrogen) atoms. The summed E-state index contributed by atoms with van der Waals surface area (Å²) in [5.74, 6) is 0.252. The lowest BCUT2D eigenvalue weighted by Crippen LogP contribution is -2.37. The summed E-state index contributed by atoms with van der Waals surface area (Å²) in [6.07, 6.45) is 1.56. The standard InChI is InChI=1S/C16H19N5O3/c1-19-14-13(15(23)20(2)16(19)24)21(10-18-14)8-7-17-9-11-5-3-4-6-12(11)22/h3-6,10,17,22H,7-9H2,1-2H3. The number of phenolic OH excluding ortho intramolecular Hbond substituents is 1. The zero-order valence-corrected chi connectivity index (χ0v) is 13.6. The van der Waals surface area contributed by atoms with E-state index >= 15 is 0 Å². The smallest absolute Gasteiger partial charge is 0.332 e. The molecule has 3 aromatic rings. The van der Waals surface area contributed by atoms with Gasteiger partial charge in [-0.05, 0) is 6.07 Å². The normalized spacial score (nSPS) is 11.2. The number of rotatable bonds is 5. The van der Waals surface area contributed by atoms with Crippen LogP contribution in [0.5, 0.6) is 5.75 Å². The second-order valence-electron chi connectivity index (χ2n) is 5.62. The number of nitrogens with zero attached hydrogens (tertiary/aromatic N) is 4. The van der Waals surface area contributed by atoms with Gasteiger partial charge in [0.05, 0.1) is 6.33 Å². The van der Waals surface area contributed by atoms with Gasteiger partial charge >= 0.3 is 5.69 Å². The quantitative estimate of drug-likeness (QED) is 0.639. The Labute approximate surface area is 137 Å². The van der Waals surface area contributed by atoms with Crippen LogP contribution in [-0.2, 0) is 27.2 Å². The van der Waals surface area contributed by atoms with E-state index in [2.05, 4.69) is 10.3 Å². The van der Waals surface area contributed by atoms with Crippen molar-refractivity contribution in [3.05, 3.63) is 57.0 Å². The van der Waals surface area contributed by atoms with Crippen LogP contribution in [0.15, 0.2) is 40.2 Å². The average molecular weight is 329 g/mol. The van der Waals surface area contributed by atoms with E-state index < -0.39 is 5.69 Å². The molecule has 0 amide bonds. The highest BCUT2D eigenvalue weighted by Gasteiger charge is 2.13. The Morgan fingerprint density at radius 2 is 1.92 bits per heavy atom. The van der Waals surface area contributed by atoms with Crippen LogP contribution in [-0.4, -0.2) is 30.3 Å². The van der Waals surface area contributed by atoms with Crippen LogP contribution in [0.25, 0.3) is 11.2 Å². The number of aromatic nitrogens is 4. The van der Waals surface area contributed by atoms with Crippen LogP contribution < -0.4 is 16.6 Å². The van der Waals surface area contributed by atoms with E-state index in [9.17, 15) is 14.7 Å². The van der Waals surface area contributed by atoms with Gasteiger partial charge < -0.3 is 15.0 Å². The molecule has 0 aliphatic rings. The summed E-state index contributed by atoms with van der Waals surface area (Å²) in [5, 5.41) is 12.9. The Balaban J connectivity index is 1.76. The zero-order valence-electron chi connectivity index (χ0n) is 13.6. The van der Waals surface area contributed by atoms with E-state index in [1.807, 2.05) is 12.1 Å². The highest BCUT2D eigenvalue weighted by Crippen LogP contribution is 2.14. The van der Waals surface area contributed by atoms with Crippen molar-refractivity contribution < 1.29 is 5.11 Å². The fourth-order valence-corrected chi connectivity index (χ4v) is 2.65. The van der Waals surface area contributed by atoms with Crippen LogP contribution >= 0.6 is 0 Å². The van der Waals surface area contributed by atoms with Gasteiger partial charge in [-0.1, -0.05) is 18.2 Å². The molecule has 8 nitrogen and oxygen atoms in total. The molecule has 126 valence electrons. The lowest BCUT2D eigenvalue weighted by molar-refractivity contribution is 0.463. The molecule has 0 aliphatic heterocycles. The highest BCUT2D eigenvalue weighted by molar-refractivity contribution is 5.69. The van der Waals surface area contributed by atoms with Crippen molar-refractivity contribution in [3.63, 3.8) is 0 Å². The maximum absolute atomic E-state index is 12.3. The minimum Gasteiger partial charge on any atom is -0.508 e. The molecule has 2 heterocycles. The molecular formula is C16H19N5O3. The fraction of sp³-hybridized carbons (Fsp3) is 0.312. The molecule has 0 saturated heterocycles. The third-order valence-corrected chi connectivity index (χ3v) is 4.05. The number of hydrogen-bond donors (Lipinski definition) is 2. The molecule has 2 N–H and O–H groups in total. The van der Waals surface area contributed by atoms with E-state index in [0.717, 1.165) is 10.1 Å². The van der Waals surface area contributed by atoms with Crippen molar-refractivity contribution in [1.29, 1.82) is 0 Å². The van der Waals surface area contributed by atoms with E-state index in [1.54, 1.807) is 30.1 Å². The van der Waals surface area contributed by atoms with Gasteiger partial charge in [0.15, 0.2) is 11.2 Å². The first-order chi connectivity index (χ1) is 11.5. The SMILES string of the molecule is Cn1c(=O)c2c(ncn2CCNCc2ccccc2O)n(C)c1=O. The average Bonchev–Trinajstić information content (AvgIpc) is 3.00. The molecule has 0 aliphatic carbocycles. The van der Waals surface area contributed by atoms with Gasteiger partial charge in [-0.15, -0.1) is 0 Å². The van der Waals surface area contributed by atoms with Gasteiger partial charge in [-0.3, -0.25) is 13.9 Å². The summed E-state index contributed by atoms with van der Waals surface area (Å²) in [6, 6.07) is 7.13. The molecule has 1 aromatic carbocycles. The number of para-hydroxylation sites is 1. The van der Waals surface area contributed by atoms with E-state index in [-0.39, 0.29) is 11.3 Å². The van der Waals surface area contributed by atoms with Crippen LogP contribution in [0.2, 0.25) is 0 Å². The highest BCUT2D eigenvalue weighted by atomic mass is 16.3. The molecule has 3 rings (SSSR count). The van der Waals surface area contributed by atoms with Crippen molar-refractivity contribution in [3.8, 4) is 5.75 Å². The van der Waals surface area contributed by atoms with Crippen molar-refractivity contribution in [2.24, 2.45) is 14.1 Å². The largest absolute Gasteiger partial charge is 0.508 e. The Morgan fingerprint density at radius 3 is 2.67 bits per heavy atom. The number of aromatic hydroxyl groups is 1. The molecule has 0 atom stereocenters. The van der Waals surface area contributed by atoms with Crippen molar-refractivity contribution in [1.82, 2.24) is 24.0 Å². The fourth-order valence-electron chi connectivity index (χ4n) is 2.65. The van der Waals surface area contributed by atoms with Crippen LogP contribution in [0.3, 0.4) is 0 Å². The number of fused-ring (bicyclic) bond motifs is 1. The summed E-state index contributed by atoms with van der Waals surface area (Å²) < 4.78 is 4.17. The summed E-state index contributed by atoms with van der Waals surface area (Å²) in [5.41, 5.74) is 0.848. The third-order valence-electron chi connectivity index (χ3n) is 4.05. The number of nitrogens with one attached hydrogen (secondary N) is 1. The Bertz CT molecular complexity index is 999. The van der Waals surface area contributed by atoms with Gasteiger partial charge in [-0.25, -0.2) is 9.78 Å². The Hall–Kier alpha value is -2.87. The first-order valence-electron chi connectivity index (χ1n) is 7.59. The second-order valence-corrected chi connectivity index (χ2v) is 5.62. The molecule has 0 fully saturated rings. The minimum atomic E-state index is -0.393. The number of imidazole rings is 1. The third kappa shape index (κ3) is 2.71. The van der Waals surface area contributed by atoms with Crippen molar-refractivity contribution >= 4 is 11.2 Å². The van der Waals surface area contributed by atoms with Gasteiger partial charge in [0.25, 0.3) is 5.56 Å².